The van der Waals surface area contributed by atoms with Gasteiger partial charge in [-0.05, 0) is 6.07 Å². The van der Waals surface area contributed by atoms with Gasteiger partial charge in [-0.2, -0.15) is 5.10 Å². The quantitative estimate of drug-likeness (QED) is 0.745. The van der Waals surface area contributed by atoms with E-state index in [9.17, 15) is 0 Å². The van der Waals surface area contributed by atoms with E-state index in [-0.39, 0.29) is 0 Å². The molecule has 0 N–H and O–H groups in total. The molecule has 1 fully saturated rings. The lowest BCUT2D eigenvalue weighted by Gasteiger charge is -2.38. The Morgan fingerprint density at radius 2 is 2.29 bits per heavy atom. The van der Waals surface area contributed by atoms with Gasteiger partial charge in [-0.15, -0.1) is 11.3 Å². The fourth-order valence-electron chi connectivity index (χ4n) is 1.65. The minimum absolute atomic E-state index is 0.522. The molecular formula is C9H10N4S. The Kier molecular flexibility index (Phi) is 1.77. The van der Waals surface area contributed by atoms with Gasteiger partial charge in [-0.1, -0.05) is 0 Å². The van der Waals surface area contributed by atoms with Gasteiger partial charge in [0.1, 0.15) is 0 Å². The van der Waals surface area contributed by atoms with Crippen LogP contribution < -0.4 is 4.90 Å². The van der Waals surface area contributed by atoms with Crippen molar-refractivity contribution in [2.45, 2.75) is 6.04 Å². The largest absolute Gasteiger partial charge is 0.344 e. The zero-order chi connectivity index (χ0) is 9.38. The summed E-state index contributed by atoms with van der Waals surface area (Å²) in [6.07, 6.45) is 5.69. The van der Waals surface area contributed by atoms with Gasteiger partial charge in [-0.3, -0.25) is 4.68 Å². The molecule has 3 heterocycles. The van der Waals surface area contributed by atoms with Crippen molar-refractivity contribution in [3.63, 3.8) is 0 Å². The van der Waals surface area contributed by atoms with Crippen LogP contribution in [0.1, 0.15) is 6.04 Å². The first-order valence-electron chi connectivity index (χ1n) is 4.57. The summed E-state index contributed by atoms with van der Waals surface area (Å²) in [7, 11) is 0. The molecule has 0 aliphatic carbocycles. The van der Waals surface area contributed by atoms with Crippen LogP contribution in [0.5, 0.6) is 0 Å². The maximum atomic E-state index is 4.27. The summed E-state index contributed by atoms with van der Waals surface area (Å²) < 4.78 is 2.02. The van der Waals surface area contributed by atoms with Gasteiger partial charge in [-0.25, -0.2) is 4.98 Å². The minimum atomic E-state index is 0.522. The molecule has 2 aromatic heterocycles. The third-order valence-corrected chi connectivity index (χ3v) is 3.28. The Labute approximate surface area is 85.8 Å². The second kappa shape index (κ2) is 3.09. The summed E-state index contributed by atoms with van der Waals surface area (Å²) in [5, 5.41) is 7.36. The van der Waals surface area contributed by atoms with Crippen LogP contribution in [0, 0.1) is 0 Å². The zero-order valence-corrected chi connectivity index (χ0v) is 8.39. The van der Waals surface area contributed by atoms with Crippen molar-refractivity contribution in [1.82, 2.24) is 14.8 Å². The zero-order valence-electron chi connectivity index (χ0n) is 7.58. The number of anilines is 1. The van der Waals surface area contributed by atoms with Crippen molar-refractivity contribution in [3.05, 3.63) is 30.0 Å². The van der Waals surface area contributed by atoms with E-state index in [4.69, 9.17) is 0 Å². The first-order valence-corrected chi connectivity index (χ1v) is 5.45. The molecule has 0 amide bonds. The summed E-state index contributed by atoms with van der Waals surface area (Å²) >= 11 is 1.69. The molecular weight excluding hydrogens is 196 g/mol. The molecule has 14 heavy (non-hydrogen) atoms. The van der Waals surface area contributed by atoms with E-state index in [0.29, 0.717) is 6.04 Å². The Hall–Kier alpha value is -1.36. The topological polar surface area (TPSA) is 34.0 Å². The first-order chi connectivity index (χ1) is 6.93. The number of nitrogens with zero attached hydrogens (tertiary/aromatic N) is 4. The van der Waals surface area contributed by atoms with Crippen molar-refractivity contribution in [2.24, 2.45) is 0 Å². The lowest BCUT2D eigenvalue weighted by molar-refractivity contribution is 0.368. The lowest BCUT2D eigenvalue weighted by atomic mass is 10.1. The Morgan fingerprint density at radius 1 is 1.36 bits per heavy atom. The van der Waals surface area contributed by atoms with Gasteiger partial charge in [0.25, 0.3) is 0 Å². The number of aromatic nitrogens is 3. The molecule has 0 spiro atoms. The van der Waals surface area contributed by atoms with Gasteiger partial charge < -0.3 is 4.90 Å². The van der Waals surface area contributed by atoms with Gasteiger partial charge >= 0.3 is 0 Å². The maximum Gasteiger partial charge on any atom is 0.185 e. The van der Waals surface area contributed by atoms with Gasteiger partial charge in [0, 0.05) is 37.1 Å². The molecule has 3 rings (SSSR count). The fourth-order valence-corrected chi connectivity index (χ4v) is 2.31. The van der Waals surface area contributed by atoms with Crippen LogP contribution in [-0.4, -0.2) is 27.9 Å². The van der Waals surface area contributed by atoms with Gasteiger partial charge in [0.15, 0.2) is 5.13 Å². The fraction of sp³-hybridized carbons (Fsp3) is 0.333. The van der Waals surface area contributed by atoms with Crippen molar-refractivity contribution in [1.29, 1.82) is 0 Å². The second-order valence-electron chi connectivity index (χ2n) is 3.36. The number of thiazole rings is 1. The van der Waals surface area contributed by atoms with E-state index in [1.807, 2.05) is 34.7 Å². The number of hydrogen-bond donors (Lipinski definition) is 0. The molecule has 1 saturated heterocycles. The Balaban J connectivity index is 1.67. The maximum absolute atomic E-state index is 4.27. The van der Waals surface area contributed by atoms with Crippen LogP contribution in [0.2, 0.25) is 0 Å². The molecule has 5 heteroatoms. The molecule has 72 valence electrons. The highest BCUT2D eigenvalue weighted by Crippen LogP contribution is 2.28. The molecule has 0 saturated carbocycles. The Bertz CT molecular complexity index is 350. The van der Waals surface area contributed by atoms with Crippen molar-refractivity contribution in [3.8, 4) is 0 Å². The average molecular weight is 206 g/mol. The highest BCUT2D eigenvalue weighted by molar-refractivity contribution is 7.13. The Morgan fingerprint density at radius 3 is 2.93 bits per heavy atom. The number of rotatable bonds is 2. The van der Waals surface area contributed by atoms with Crippen LogP contribution in [0.4, 0.5) is 5.13 Å². The van der Waals surface area contributed by atoms with E-state index in [0.717, 1.165) is 18.2 Å². The summed E-state index contributed by atoms with van der Waals surface area (Å²) in [4.78, 5) is 6.54. The second-order valence-corrected chi connectivity index (χ2v) is 4.23. The average Bonchev–Trinajstić information content (AvgIpc) is 2.71. The smallest absolute Gasteiger partial charge is 0.185 e. The lowest BCUT2D eigenvalue weighted by Crippen LogP contribution is -2.47. The van der Waals surface area contributed by atoms with E-state index < -0.39 is 0 Å². The standard InChI is InChI=1S/C9H10N4S/c1-2-11-13(4-1)8-6-12(7-8)9-10-3-5-14-9/h1-5,8H,6-7H2. The summed E-state index contributed by atoms with van der Waals surface area (Å²) in [5.41, 5.74) is 0. The minimum Gasteiger partial charge on any atom is -0.344 e. The molecule has 4 nitrogen and oxygen atoms in total. The number of hydrogen-bond acceptors (Lipinski definition) is 4. The predicted octanol–water partition coefficient (Wildman–Crippen LogP) is 1.40. The predicted molar refractivity (Wildman–Crippen MR) is 55.6 cm³/mol. The van der Waals surface area contributed by atoms with E-state index in [1.54, 1.807) is 11.3 Å². The van der Waals surface area contributed by atoms with Crippen LogP contribution in [0.3, 0.4) is 0 Å². The molecule has 0 bridgehead atoms. The molecule has 2 aromatic rings. The summed E-state index contributed by atoms with van der Waals surface area (Å²) in [6, 6.07) is 2.49. The van der Waals surface area contributed by atoms with Gasteiger partial charge in [0.2, 0.25) is 0 Å². The first kappa shape index (κ1) is 7.99. The van der Waals surface area contributed by atoms with Crippen molar-refractivity contribution >= 4 is 16.5 Å². The third-order valence-electron chi connectivity index (χ3n) is 2.45. The van der Waals surface area contributed by atoms with E-state index >= 15 is 0 Å². The molecule has 0 radical (unpaired) electrons. The molecule has 0 atom stereocenters. The highest BCUT2D eigenvalue weighted by Gasteiger charge is 2.29. The summed E-state index contributed by atoms with van der Waals surface area (Å²) in [6.45, 7) is 2.05. The van der Waals surface area contributed by atoms with Crippen molar-refractivity contribution in [2.75, 3.05) is 18.0 Å². The van der Waals surface area contributed by atoms with E-state index in [2.05, 4.69) is 15.0 Å². The van der Waals surface area contributed by atoms with Crippen LogP contribution in [0.15, 0.2) is 30.0 Å². The SMILES string of the molecule is c1cnn(C2CN(c3nccs3)C2)c1. The third kappa shape index (κ3) is 1.21. The normalized spacial score (nSPS) is 17.0. The molecule has 0 unspecified atom stereocenters. The molecule has 0 aromatic carbocycles. The summed E-state index contributed by atoms with van der Waals surface area (Å²) in [5.74, 6) is 0. The van der Waals surface area contributed by atoms with Crippen LogP contribution >= 0.6 is 11.3 Å². The van der Waals surface area contributed by atoms with Gasteiger partial charge in [0.05, 0.1) is 6.04 Å². The van der Waals surface area contributed by atoms with Crippen molar-refractivity contribution < 1.29 is 0 Å². The monoisotopic (exact) mass is 206 g/mol. The van der Waals surface area contributed by atoms with E-state index in [1.165, 1.54) is 0 Å². The highest BCUT2D eigenvalue weighted by atomic mass is 32.1. The molecule has 1 aliphatic heterocycles. The van der Waals surface area contributed by atoms with Crippen LogP contribution in [0.25, 0.3) is 0 Å². The molecule has 1 aliphatic rings. The van der Waals surface area contributed by atoms with Crippen LogP contribution in [-0.2, 0) is 0 Å².